The van der Waals surface area contributed by atoms with Crippen molar-refractivity contribution in [3.63, 3.8) is 0 Å². The molecule has 0 aromatic carbocycles. The summed E-state index contributed by atoms with van der Waals surface area (Å²) in [7, 11) is -0.790. The summed E-state index contributed by atoms with van der Waals surface area (Å²) in [6, 6.07) is 0. The summed E-state index contributed by atoms with van der Waals surface area (Å²) in [6.07, 6.45) is 0.648. The molecular weight excluding hydrogens is 300 g/mol. The van der Waals surface area contributed by atoms with Crippen molar-refractivity contribution in [1.82, 2.24) is 0 Å². The maximum atomic E-state index is 12.0. The van der Waals surface area contributed by atoms with E-state index in [9.17, 15) is 4.79 Å². The van der Waals surface area contributed by atoms with Gasteiger partial charge in [0.05, 0.1) is 22.4 Å². The Morgan fingerprint density at radius 3 is 1.42 bits per heavy atom. The average molecular weight is 333 g/mol. The van der Waals surface area contributed by atoms with Gasteiger partial charge in [0, 0.05) is 7.92 Å². The maximum absolute atomic E-state index is 12.0. The van der Waals surface area contributed by atoms with Crippen LogP contribution in [-0.2, 0) is 21.3 Å². The second-order valence-electron chi connectivity index (χ2n) is 7.83. The van der Waals surface area contributed by atoms with E-state index in [1.54, 1.807) is 0 Å². The summed E-state index contributed by atoms with van der Waals surface area (Å²) in [5.74, 6) is 0.0799. The molecule has 0 rings (SSSR count). The molecule has 0 aliphatic heterocycles. The summed E-state index contributed by atoms with van der Waals surface area (Å²) < 4.78 is 0. The van der Waals surface area contributed by atoms with Gasteiger partial charge in [0.25, 0.3) is 0 Å². The molecular formula is C15H33NNiOP+. The standard InChI is InChI=1S/C14H30NOP.CH3.Ni/c1-12(2,3)15-11(16)10-17(13(4,5)6)14(7,8)9;;/h10H2,1-9H3,(H,15,16);1H3;/q;-1;+2. The van der Waals surface area contributed by atoms with E-state index >= 15 is 0 Å². The molecule has 0 radical (unpaired) electrons. The van der Waals surface area contributed by atoms with Crippen LogP contribution in [0.1, 0.15) is 62.3 Å². The predicted octanol–water partition coefficient (Wildman–Crippen LogP) is 4.94. The van der Waals surface area contributed by atoms with Crippen LogP contribution in [-0.4, -0.2) is 27.9 Å². The first-order chi connectivity index (χ1) is 7.23. The fourth-order valence-electron chi connectivity index (χ4n) is 2.22. The molecule has 2 nitrogen and oxygen atoms in total. The van der Waals surface area contributed by atoms with Gasteiger partial charge in [-0.1, -0.05) is 20.8 Å². The zero-order chi connectivity index (χ0) is 14.1. The minimum Gasteiger partial charge on any atom is -0.646 e. The molecule has 0 saturated carbocycles. The molecule has 0 aromatic heterocycles. The van der Waals surface area contributed by atoms with E-state index in [2.05, 4.69) is 46.9 Å². The minimum atomic E-state index is -0.790. The Hall–Kier alpha value is 0.394. The SMILES string of the molecule is CC(C)(C)[N-]C(=O)C[PH+](C(C)(C)C)C(C)(C)C.[CH3-].[Ni+2]. The third-order valence-electron chi connectivity index (χ3n) is 2.60. The van der Waals surface area contributed by atoms with Crippen molar-refractivity contribution in [2.45, 2.75) is 78.2 Å². The molecule has 0 saturated heterocycles. The third-order valence-corrected chi connectivity index (χ3v) is 6.88. The third kappa shape index (κ3) is 10.8. The summed E-state index contributed by atoms with van der Waals surface area (Å²) in [4.78, 5) is 12.0. The van der Waals surface area contributed by atoms with Crippen molar-refractivity contribution in [2.24, 2.45) is 0 Å². The first-order valence-electron chi connectivity index (χ1n) is 6.36. The molecule has 0 heterocycles. The van der Waals surface area contributed by atoms with Crippen LogP contribution in [0.5, 0.6) is 0 Å². The first kappa shape index (κ1) is 24.4. The summed E-state index contributed by atoms with van der Waals surface area (Å²) in [5.41, 5.74) is -0.250. The second kappa shape index (κ2) is 7.99. The van der Waals surface area contributed by atoms with Crippen molar-refractivity contribution >= 4 is 13.8 Å². The van der Waals surface area contributed by atoms with Gasteiger partial charge in [-0.3, -0.25) is 0 Å². The van der Waals surface area contributed by atoms with Crippen molar-refractivity contribution in [3.05, 3.63) is 12.7 Å². The van der Waals surface area contributed by atoms with Gasteiger partial charge >= 0.3 is 16.5 Å². The Morgan fingerprint density at radius 1 is 0.895 bits per heavy atom. The Bertz CT molecular complexity index is 257. The van der Waals surface area contributed by atoms with Crippen LogP contribution >= 0.6 is 7.92 Å². The fraction of sp³-hybridized carbons (Fsp3) is 0.867. The van der Waals surface area contributed by atoms with Crippen LogP contribution in [0.25, 0.3) is 5.32 Å². The monoisotopic (exact) mass is 332 g/mol. The number of nitrogens with zero attached hydrogens (tertiary/aromatic N) is 1. The van der Waals surface area contributed by atoms with Crippen molar-refractivity contribution in [1.29, 1.82) is 0 Å². The van der Waals surface area contributed by atoms with Crippen LogP contribution in [0.4, 0.5) is 0 Å². The topological polar surface area (TPSA) is 31.2 Å². The molecule has 1 amide bonds. The van der Waals surface area contributed by atoms with E-state index in [0.717, 1.165) is 0 Å². The Morgan fingerprint density at radius 2 is 1.21 bits per heavy atom. The van der Waals surface area contributed by atoms with Crippen LogP contribution < -0.4 is 0 Å². The van der Waals surface area contributed by atoms with Gasteiger partial charge in [-0.2, -0.15) is 0 Å². The molecule has 0 aliphatic carbocycles. The zero-order valence-corrected chi connectivity index (χ0v) is 16.4. The number of amides is 1. The fourth-order valence-corrected chi connectivity index (χ4v) is 5.91. The van der Waals surface area contributed by atoms with Crippen molar-refractivity contribution in [2.75, 3.05) is 6.16 Å². The predicted molar refractivity (Wildman–Crippen MR) is 87.2 cm³/mol. The van der Waals surface area contributed by atoms with Gasteiger partial charge in [0.15, 0.2) is 0 Å². The first-order valence-corrected chi connectivity index (χ1v) is 8.07. The van der Waals surface area contributed by atoms with E-state index < -0.39 is 7.92 Å². The van der Waals surface area contributed by atoms with E-state index in [1.165, 1.54) is 0 Å². The Kier molecular flexibility index (Phi) is 10.3. The molecule has 0 aliphatic rings. The zero-order valence-electron chi connectivity index (χ0n) is 14.4. The quantitative estimate of drug-likeness (QED) is 0.400. The molecule has 0 bridgehead atoms. The largest absolute Gasteiger partial charge is 2.00 e. The van der Waals surface area contributed by atoms with E-state index in [0.29, 0.717) is 6.16 Å². The van der Waals surface area contributed by atoms with Crippen LogP contribution in [0, 0.1) is 7.43 Å². The molecule has 0 aromatic rings. The van der Waals surface area contributed by atoms with E-state index in [4.69, 9.17) is 0 Å². The van der Waals surface area contributed by atoms with Gasteiger partial charge < -0.3 is 17.5 Å². The molecule has 0 fully saturated rings. The number of carbonyl (C=O) groups excluding carboxylic acids is 1. The molecule has 0 unspecified atom stereocenters. The molecule has 0 atom stereocenters. The second-order valence-corrected chi connectivity index (χ2v) is 12.1. The number of hydrogen-bond donors (Lipinski definition) is 0. The minimum absolute atomic E-state index is 0. The van der Waals surface area contributed by atoms with Gasteiger partial charge in [-0.15, -0.1) is 5.54 Å². The van der Waals surface area contributed by atoms with Crippen molar-refractivity contribution in [3.8, 4) is 0 Å². The van der Waals surface area contributed by atoms with E-state index in [1.807, 2.05) is 20.8 Å². The summed E-state index contributed by atoms with van der Waals surface area (Å²) in [5, 5.41) is 4.72. The van der Waals surface area contributed by atoms with Gasteiger partial charge in [-0.25, -0.2) is 0 Å². The average Bonchev–Trinajstić information content (AvgIpc) is 1.91. The van der Waals surface area contributed by atoms with Gasteiger partial charge in [0.1, 0.15) is 0 Å². The summed E-state index contributed by atoms with van der Waals surface area (Å²) >= 11 is 0. The number of hydrogen-bond acceptors (Lipinski definition) is 1. The van der Waals surface area contributed by atoms with Crippen LogP contribution in [0.2, 0.25) is 0 Å². The van der Waals surface area contributed by atoms with Crippen molar-refractivity contribution < 1.29 is 21.3 Å². The van der Waals surface area contributed by atoms with Crippen LogP contribution in [0.15, 0.2) is 0 Å². The van der Waals surface area contributed by atoms with Crippen LogP contribution in [0.3, 0.4) is 0 Å². The smallest absolute Gasteiger partial charge is 0.646 e. The van der Waals surface area contributed by atoms with Gasteiger partial charge in [-0.05, 0) is 41.5 Å². The Labute approximate surface area is 132 Å². The number of carbonyl (C=O) groups is 1. The molecule has 19 heavy (non-hydrogen) atoms. The summed E-state index contributed by atoms with van der Waals surface area (Å²) in [6.45, 7) is 19.4. The van der Waals surface area contributed by atoms with Gasteiger partial charge in [0.2, 0.25) is 0 Å². The maximum Gasteiger partial charge on any atom is 2.00 e. The Balaban J connectivity index is -0.00000128. The molecule has 0 spiro atoms. The molecule has 118 valence electrons. The molecule has 4 heteroatoms. The van der Waals surface area contributed by atoms with E-state index in [-0.39, 0.29) is 45.7 Å². The normalized spacial score (nSPS) is 12.5. The molecule has 0 N–H and O–H groups in total. The number of rotatable bonds is 2.